The molecule has 2 aliphatic rings. The molecule has 3 aromatic rings. The molecule has 0 spiro atoms. The molecule has 0 saturated carbocycles. The summed E-state index contributed by atoms with van der Waals surface area (Å²) in [5.41, 5.74) is 4.52. The van der Waals surface area contributed by atoms with E-state index in [1.165, 1.54) is 31.6 Å². The molecule has 2 aromatic heterocycles. The Kier molecular flexibility index (Phi) is 8.94. The third-order valence-electron chi connectivity index (χ3n) is 7.06. The minimum atomic E-state index is -1.64. The number of aryl methyl sites for hydroxylation is 2. The molecule has 0 atom stereocenters. The van der Waals surface area contributed by atoms with E-state index in [-0.39, 0.29) is 24.8 Å². The van der Waals surface area contributed by atoms with Gasteiger partial charge < -0.3 is 34.7 Å². The number of carbonyl (C=O) groups is 1. The van der Waals surface area contributed by atoms with Gasteiger partial charge in [0.15, 0.2) is 5.75 Å². The number of nitrogens with one attached hydrogen (secondary N) is 2. The van der Waals surface area contributed by atoms with E-state index in [2.05, 4.69) is 49.8 Å². The summed E-state index contributed by atoms with van der Waals surface area (Å²) >= 11 is 0. The van der Waals surface area contributed by atoms with E-state index in [0.29, 0.717) is 17.7 Å². The van der Waals surface area contributed by atoms with Crippen molar-refractivity contribution in [2.75, 3.05) is 26.2 Å². The number of aromatic nitrogens is 2. The van der Waals surface area contributed by atoms with Gasteiger partial charge in [0.05, 0.1) is 5.69 Å². The average Bonchev–Trinajstić information content (AvgIpc) is 3.38. The Morgan fingerprint density at radius 3 is 2.61 bits per heavy atom. The normalized spacial score (nSPS) is 14.9. The van der Waals surface area contributed by atoms with E-state index < -0.39 is 23.2 Å². The van der Waals surface area contributed by atoms with Gasteiger partial charge in [0, 0.05) is 54.4 Å². The van der Waals surface area contributed by atoms with Crippen molar-refractivity contribution >= 4 is 41.9 Å². The summed E-state index contributed by atoms with van der Waals surface area (Å²) in [5, 5.41) is 24.2. The molecule has 11 heteroatoms. The van der Waals surface area contributed by atoms with Gasteiger partial charge in [0.1, 0.15) is 0 Å². The van der Waals surface area contributed by atoms with Crippen LogP contribution in [0.25, 0.3) is 22.2 Å². The number of halogens is 2. The number of hydrogen-bond donors (Lipinski definition) is 4. The van der Waals surface area contributed by atoms with Crippen LogP contribution in [-0.2, 0) is 26.4 Å². The first-order valence-corrected chi connectivity index (χ1v) is 11.9. The highest BCUT2D eigenvalue weighted by atomic mass is 35.5. The van der Waals surface area contributed by atoms with Crippen LogP contribution in [0.5, 0.6) is 11.5 Å². The number of likely N-dealkylation sites (tertiary alicyclic amines) is 1. The molecule has 4 N–H and O–H groups in total. The number of aromatic hydroxyl groups is 1. The third kappa shape index (κ3) is 5.34. The number of rotatable bonds is 6. The van der Waals surface area contributed by atoms with E-state index in [1.807, 2.05) is 0 Å². The van der Waals surface area contributed by atoms with Gasteiger partial charge in [0.25, 0.3) is 5.56 Å². The summed E-state index contributed by atoms with van der Waals surface area (Å²) < 4.78 is 6.75. The lowest BCUT2D eigenvalue weighted by Crippen LogP contribution is -2.30. The second-order valence-corrected chi connectivity index (χ2v) is 9.20. The number of hydrogen-bond acceptors (Lipinski definition) is 6. The molecule has 0 radical (unpaired) electrons. The fourth-order valence-corrected chi connectivity index (χ4v) is 5.27. The van der Waals surface area contributed by atoms with E-state index >= 15 is 0 Å². The predicted octanol–water partition coefficient (Wildman–Crippen LogP) is 3.81. The number of fused-ring (bicyclic) bond motifs is 4. The summed E-state index contributed by atoms with van der Waals surface area (Å²) in [7, 11) is 2.07. The van der Waals surface area contributed by atoms with Crippen molar-refractivity contribution in [1.82, 2.24) is 19.8 Å². The molecule has 5 rings (SSSR count). The first-order chi connectivity index (χ1) is 16.4. The maximum atomic E-state index is 12.5. The molecule has 0 unspecified atom stereocenters. The Bertz CT molecular complexity index is 1310. The number of nitrogens with zero attached hydrogens (tertiary/aromatic N) is 2. The number of aromatic amines is 1. The molecule has 0 bridgehead atoms. The maximum Gasteiger partial charge on any atom is 0.511 e. The number of H-pyrrole nitrogens is 1. The van der Waals surface area contributed by atoms with Crippen molar-refractivity contribution in [3.05, 3.63) is 45.4 Å². The zero-order valence-corrected chi connectivity index (χ0v) is 21.8. The summed E-state index contributed by atoms with van der Waals surface area (Å²) in [6, 6.07) is 6.36. The van der Waals surface area contributed by atoms with Crippen LogP contribution in [0.1, 0.15) is 36.1 Å². The molecule has 1 aliphatic carbocycles. The second kappa shape index (κ2) is 11.6. The van der Waals surface area contributed by atoms with Crippen LogP contribution in [-0.4, -0.2) is 57.0 Å². The highest BCUT2D eigenvalue weighted by molar-refractivity contribution is 5.89. The molecule has 1 fully saturated rings. The smallest absolute Gasteiger partial charge is 0.504 e. The van der Waals surface area contributed by atoms with E-state index in [9.17, 15) is 14.7 Å². The topological polar surface area (TPSA) is 120 Å². The van der Waals surface area contributed by atoms with Crippen LogP contribution in [0.15, 0.2) is 23.0 Å². The SMILES string of the molecule is Cl.Cl.Cn1c(CNCCN2CCCC2)cc2cc3c(cc21)CCCc1c-3[nH]c(=O)c(OC(=O)O)c1O. The van der Waals surface area contributed by atoms with Crippen molar-refractivity contribution in [3.8, 4) is 22.8 Å². The first kappa shape index (κ1) is 27.9. The molecule has 0 amide bonds. The molecule has 1 aliphatic heterocycles. The Morgan fingerprint density at radius 1 is 1.14 bits per heavy atom. The van der Waals surface area contributed by atoms with Gasteiger partial charge in [-0.05, 0) is 69.0 Å². The van der Waals surface area contributed by atoms with Crippen molar-refractivity contribution in [2.45, 2.75) is 38.6 Å². The van der Waals surface area contributed by atoms with Crippen LogP contribution in [0.4, 0.5) is 4.79 Å². The standard InChI is InChI=1S/C25H30N4O5.2ClH/c1-28-17(14-26-7-10-29-8-2-3-9-29)11-16-12-19-15(13-20(16)28)5-4-6-18-21(19)27-24(31)23(22(18)30)34-25(32)33;;/h11-13,26H,2-10,14H2,1H3,(H,32,33)(H2,27,30,31);2*1H. The molecular weight excluding hydrogens is 507 g/mol. The molecule has 36 heavy (non-hydrogen) atoms. The van der Waals surface area contributed by atoms with Gasteiger partial charge in [-0.2, -0.15) is 0 Å². The van der Waals surface area contributed by atoms with Crippen LogP contribution < -0.4 is 15.6 Å². The van der Waals surface area contributed by atoms with E-state index in [4.69, 9.17) is 5.11 Å². The number of ether oxygens (including phenoxy) is 1. The van der Waals surface area contributed by atoms with Gasteiger partial charge in [0.2, 0.25) is 5.75 Å². The van der Waals surface area contributed by atoms with Gasteiger partial charge >= 0.3 is 6.16 Å². The summed E-state index contributed by atoms with van der Waals surface area (Å²) in [5.74, 6) is -0.970. The zero-order chi connectivity index (χ0) is 23.8. The van der Waals surface area contributed by atoms with Crippen LogP contribution in [0, 0.1) is 0 Å². The lowest BCUT2D eigenvalue weighted by molar-refractivity contribution is 0.142. The number of benzene rings is 1. The highest BCUT2D eigenvalue weighted by Crippen LogP contribution is 2.40. The third-order valence-corrected chi connectivity index (χ3v) is 7.06. The molecular formula is C25H32Cl2N4O5. The monoisotopic (exact) mass is 538 g/mol. The molecule has 196 valence electrons. The maximum absolute atomic E-state index is 12.5. The average molecular weight is 539 g/mol. The second-order valence-electron chi connectivity index (χ2n) is 9.20. The number of carboxylic acid groups (broad SMARTS) is 1. The van der Waals surface area contributed by atoms with Gasteiger partial charge in [-0.25, -0.2) is 4.79 Å². The summed E-state index contributed by atoms with van der Waals surface area (Å²) in [4.78, 5) is 28.7. The zero-order valence-electron chi connectivity index (χ0n) is 20.1. The Labute approximate surface area is 221 Å². The highest BCUT2D eigenvalue weighted by Gasteiger charge is 2.25. The van der Waals surface area contributed by atoms with Gasteiger partial charge in [-0.15, -0.1) is 24.8 Å². The Morgan fingerprint density at radius 2 is 1.89 bits per heavy atom. The molecule has 9 nitrogen and oxygen atoms in total. The van der Waals surface area contributed by atoms with Crippen molar-refractivity contribution < 1.29 is 19.7 Å². The molecule has 1 saturated heterocycles. The lowest BCUT2D eigenvalue weighted by atomic mass is 9.99. The van der Waals surface area contributed by atoms with Gasteiger partial charge in [-0.1, -0.05) is 0 Å². The largest absolute Gasteiger partial charge is 0.511 e. The minimum absolute atomic E-state index is 0. The van der Waals surface area contributed by atoms with Crippen molar-refractivity contribution in [1.29, 1.82) is 0 Å². The van der Waals surface area contributed by atoms with E-state index in [0.717, 1.165) is 54.5 Å². The van der Waals surface area contributed by atoms with Crippen LogP contribution in [0.2, 0.25) is 0 Å². The lowest BCUT2D eigenvalue weighted by Gasteiger charge is -2.15. The quantitative estimate of drug-likeness (QED) is 0.278. The van der Waals surface area contributed by atoms with Crippen LogP contribution in [0.3, 0.4) is 0 Å². The first-order valence-electron chi connectivity index (χ1n) is 11.9. The summed E-state index contributed by atoms with van der Waals surface area (Å²) in [6.45, 7) is 5.19. The minimum Gasteiger partial charge on any atom is -0.504 e. The summed E-state index contributed by atoms with van der Waals surface area (Å²) in [6.07, 6.45) is 3.01. The van der Waals surface area contributed by atoms with Crippen LogP contribution >= 0.6 is 24.8 Å². The van der Waals surface area contributed by atoms with Crippen molar-refractivity contribution in [3.63, 3.8) is 0 Å². The predicted molar refractivity (Wildman–Crippen MR) is 143 cm³/mol. The Hall–Kier alpha value is -2.72. The Balaban J connectivity index is 0.00000180. The number of pyridine rings is 1. The molecule has 1 aromatic carbocycles. The fourth-order valence-electron chi connectivity index (χ4n) is 5.27. The molecule has 3 heterocycles. The van der Waals surface area contributed by atoms with E-state index in [1.54, 1.807) is 0 Å². The van der Waals surface area contributed by atoms with Crippen molar-refractivity contribution in [2.24, 2.45) is 7.05 Å². The fraction of sp³-hybridized carbons (Fsp3) is 0.440. The van der Waals surface area contributed by atoms with Gasteiger partial charge in [-0.3, -0.25) is 4.79 Å².